The number of nitrogens with two attached hydrogens (primary N) is 1. The van der Waals surface area contributed by atoms with Gasteiger partial charge in [-0.3, -0.25) is 10.1 Å². The number of primary amides is 1. The first-order valence-corrected chi connectivity index (χ1v) is 6.10. The molecule has 94 valence electrons. The lowest BCUT2D eigenvalue weighted by Crippen LogP contribution is -2.53. The van der Waals surface area contributed by atoms with Gasteiger partial charge < -0.3 is 5.73 Å². The van der Waals surface area contributed by atoms with Crippen molar-refractivity contribution in [2.24, 2.45) is 5.73 Å². The number of hydrogen-bond donors (Lipinski definition) is 2. The first kappa shape index (κ1) is 14.0. The van der Waals surface area contributed by atoms with Crippen LogP contribution in [0.15, 0.2) is 24.3 Å². The number of carbonyl (C=O) groups excluding carboxylic acids is 1. The SMILES string of the molecule is CCC(C)(NC(C)c1ccccc1Cl)C(N)=O. The molecule has 4 heteroatoms. The second-order valence-corrected chi connectivity index (χ2v) is 4.84. The van der Waals surface area contributed by atoms with Crippen molar-refractivity contribution in [3.8, 4) is 0 Å². The zero-order valence-corrected chi connectivity index (χ0v) is 11.2. The maximum Gasteiger partial charge on any atom is 0.237 e. The second-order valence-electron chi connectivity index (χ2n) is 4.44. The minimum Gasteiger partial charge on any atom is -0.368 e. The first-order valence-electron chi connectivity index (χ1n) is 5.72. The van der Waals surface area contributed by atoms with Crippen LogP contribution >= 0.6 is 11.6 Å². The van der Waals surface area contributed by atoms with Crippen molar-refractivity contribution in [2.75, 3.05) is 0 Å². The maximum atomic E-state index is 11.4. The molecule has 0 aliphatic heterocycles. The highest BCUT2D eigenvalue weighted by atomic mass is 35.5. The summed E-state index contributed by atoms with van der Waals surface area (Å²) < 4.78 is 0. The summed E-state index contributed by atoms with van der Waals surface area (Å²) in [6, 6.07) is 7.55. The van der Waals surface area contributed by atoms with E-state index in [1.807, 2.05) is 45.0 Å². The average molecular weight is 255 g/mol. The lowest BCUT2D eigenvalue weighted by atomic mass is 9.95. The van der Waals surface area contributed by atoms with E-state index in [0.717, 1.165) is 5.56 Å². The Labute approximate surface area is 107 Å². The second kappa shape index (κ2) is 5.52. The molecular formula is C13H19ClN2O. The fourth-order valence-corrected chi connectivity index (χ4v) is 2.03. The average Bonchev–Trinajstić information content (AvgIpc) is 2.29. The molecule has 0 radical (unpaired) electrons. The van der Waals surface area contributed by atoms with E-state index in [1.54, 1.807) is 0 Å². The number of hydrogen-bond acceptors (Lipinski definition) is 2. The predicted molar refractivity (Wildman–Crippen MR) is 70.9 cm³/mol. The monoisotopic (exact) mass is 254 g/mol. The molecule has 1 aromatic carbocycles. The molecule has 3 N–H and O–H groups in total. The van der Waals surface area contributed by atoms with E-state index in [-0.39, 0.29) is 11.9 Å². The molecule has 2 atom stereocenters. The van der Waals surface area contributed by atoms with Crippen LogP contribution in [0.5, 0.6) is 0 Å². The fourth-order valence-electron chi connectivity index (χ4n) is 1.73. The normalized spacial score (nSPS) is 16.2. The molecule has 0 fully saturated rings. The summed E-state index contributed by atoms with van der Waals surface area (Å²) in [4.78, 5) is 11.4. The molecule has 0 aromatic heterocycles. The van der Waals surface area contributed by atoms with Crippen LogP contribution in [0.2, 0.25) is 5.02 Å². The molecule has 0 heterocycles. The molecule has 0 saturated heterocycles. The van der Waals surface area contributed by atoms with Crippen molar-refractivity contribution in [1.29, 1.82) is 0 Å². The third-order valence-electron chi connectivity index (χ3n) is 3.16. The number of rotatable bonds is 5. The standard InChI is InChI=1S/C13H19ClN2O/c1-4-13(3,12(15)17)16-9(2)10-7-5-6-8-11(10)14/h5-9,16H,4H2,1-3H3,(H2,15,17). The van der Waals surface area contributed by atoms with E-state index in [9.17, 15) is 4.79 Å². The molecule has 1 aromatic rings. The predicted octanol–water partition coefficient (Wildman–Crippen LogP) is 2.64. The van der Waals surface area contributed by atoms with Crippen molar-refractivity contribution < 1.29 is 4.79 Å². The van der Waals surface area contributed by atoms with Gasteiger partial charge in [0.05, 0.1) is 5.54 Å². The molecule has 0 aliphatic carbocycles. The summed E-state index contributed by atoms with van der Waals surface area (Å²) in [6.45, 7) is 5.71. The summed E-state index contributed by atoms with van der Waals surface area (Å²) in [5.74, 6) is -0.348. The van der Waals surface area contributed by atoms with Crippen molar-refractivity contribution in [3.63, 3.8) is 0 Å². The van der Waals surface area contributed by atoms with Crippen molar-refractivity contribution in [2.45, 2.75) is 38.8 Å². The summed E-state index contributed by atoms with van der Waals surface area (Å²) in [7, 11) is 0. The van der Waals surface area contributed by atoms with Crippen LogP contribution in [0.1, 0.15) is 38.8 Å². The van der Waals surface area contributed by atoms with Gasteiger partial charge in [-0.05, 0) is 31.9 Å². The molecule has 3 nitrogen and oxygen atoms in total. The number of carbonyl (C=O) groups is 1. The Balaban J connectivity index is 2.89. The Bertz CT molecular complexity index is 408. The maximum absolute atomic E-state index is 11.4. The van der Waals surface area contributed by atoms with Crippen LogP contribution in [0, 0.1) is 0 Å². The molecule has 2 unspecified atom stereocenters. The van der Waals surface area contributed by atoms with Crippen LogP contribution in [0.3, 0.4) is 0 Å². The summed E-state index contributed by atoms with van der Waals surface area (Å²) in [6.07, 6.45) is 0.636. The van der Waals surface area contributed by atoms with Crippen LogP contribution in [0.4, 0.5) is 0 Å². The van der Waals surface area contributed by atoms with E-state index in [0.29, 0.717) is 11.4 Å². The third-order valence-corrected chi connectivity index (χ3v) is 3.50. The van der Waals surface area contributed by atoms with E-state index in [4.69, 9.17) is 17.3 Å². The van der Waals surface area contributed by atoms with Crippen LogP contribution < -0.4 is 11.1 Å². The number of nitrogens with one attached hydrogen (secondary N) is 1. The lowest BCUT2D eigenvalue weighted by molar-refractivity contribution is -0.124. The zero-order chi connectivity index (χ0) is 13.1. The zero-order valence-electron chi connectivity index (χ0n) is 10.5. The van der Waals surface area contributed by atoms with E-state index < -0.39 is 5.54 Å². The molecule has 1 amide bonds. The summed E-state index contributed by atoms with van der Waals surface area (Å²) in [5, 5.41) is 3.93. The van der Waals surface area contributed by atoms with Crippen LogP contribution in [-0.2, 0) is 4.79 Å². The van der Waals surface area contributed by atoms with Gasteiger partial charge in [0.1, 0.15) is 0 Å². The van der Waals surface area contributed by atoms with Gasteiger partial charge in [-0.15, -0.1) is 0 Å². The first-order chi connectivity index (χ1) is 7.90. The van der Waals surface area contributed by atoms with Crippen molar-refractivity contribution in [3.05, 3.63) is 34.9 Å². The van der Waals surface area contributed by atoms with Gasteiger partial charge >= 0.3 is 0 Å². The molecule has 0 saturated carbocycles. The summed E-state index contributed by atoms with van der Waals surface area (Å²) in [5.41, 5.74) is 5.67. The van der Waals surface area contributed by atoms with Gasteiger partial charge in [0.25, 0.3) is 0 Å². The lowest BCUT2D eigenvalue weighted by Gasteiger charge is -2.30. The molecule has 0 bridgehead atoms. The quantitative estimate of drug-likeness (QED) is 0.849. The fraction of sp³-hybridized carbons (Fsp3) is 0.462. The highest BCUT2D eigenvalue weighted by Gasteiger charge is 2.30. The highest BCUT2D eigenvalue weighted by Crippen LogP contribution is 2.24. The number of amides is 1. The van der Waals surface area contributed by atoms with Crippen LogP contribution in [-0.4, -0.2) is 11.4 Å². The van der Waals surface area contributed by atoms with Crippen molar-refractivity contribution >= 4 is 17.5 Å². The van der Waals surface area contributed by atoms with Crippen molar-refractivity contribution in [1.82, 2.24) is 5.32 Å². The Morgan fingerprint density at radius 3 is 2.59 bits per heavy atom. The van der Waals surface area contributed by atoms with Gasteiger partial charge in [0.15, 0.2) is 0 Å². The third kappa shape index (κ3) is 3.20. The number of benzene rings is 1. The van der Waals surface area contributed by atoms with E-state index in [1.165, 1.54) is 0 Å². The largest absolute Gasteiger partial charge is 0.368 e. The smallest absolute Gasteiger partial charge is 0.237 e. The van der Waals surface area contributed by atoms with E-state index in [2.05, 4.69) is 5.32 Å². The van der Waals surface area contributed by atoms with Crippen LogP contribution in [0.25, 0.3) is 0 Å². The minimum absolute atomic E-state index is 0.0267. The molecule has 0 aliphatic rings. The highest BCUT2D eigenvalue weighted by molar-refractivity contribution is 6.31. The van der Waals surface area contributed by atoms with Gasteiger partial charge in [-0.2, -0.15) is 0 Å². The van der Waals surface area contributed by atoms with Gasteiger partial charge in [-0.25, -0.2) is 0 Å². The van der Waals surface area contributed by atoms with Gasteiger partial charge in [-0.1, -0.05) is 36.7 Å². The Morgan fingerprint density at radius 2 is 2.12 bits per heavy atom. The topological polar surface area (TPSA) is 55.1 Å². The van der Waals surface area contributed by atoms with E-state index >= 15 is 0 Å². The summed E-state index contributed by atoms with van der Waals surface area (Å²) >= 11 is 6.11. The Hall–Kier alpha value is -1.06. The Kier molecular flexibility index (Phi) is 4.54. The molecular weight excluding hydrogens is 236 g/mol. The van der Waals surface area contributed by atoms with Gasteiger partial charge in [0, 0.05) is 11.1 Å². The minimum atomic E-state index is -0.710. The molecule has 17 heavy (non-hydrogen) atoms. The Morgan fingerprint density at radius 1 is 1.53 bits per heavy atom. The molecule has 0 spiro atoms. The van der Waals surface area contributed by atoms with Gasteiger partial charge in [0.2, 0.25) is 5.91 Å². The molecule has 1 rings (SSSR count). The number of halogens is 1.